The van der Waals surface area contributed by atoms with Crippen LogP contribution < -0.4 is 10.6 Å². The van der Waals surface area contributed by atoms with Crippen LogP contribution in [-0.4, -0.2) is 41.9 Å². The van der Waals surface area contributed by atoms with Crippen molar-refractivity contribution in [2.45, 2.75) is 103 Å². The van der Waals surface area contributed by atoms with Crippen LogP contribution in [0.3, 0.4) is 0 Å². The molecule has 5 nitrogen and oxygen atoms in total. The van der Waals surface area contributed by atoms with Crippen molar-refractivity contribution in [3.8, 4) is 0 Å². The fourth-order valence-electron chi connectivity index (χ4n) is 8.24. The Kier molecular flexibility index (Phi) is 9.29. The molecule has 42 heavy (non-hydrogen) atoms. The van der Waals surface area contributed by atoms with Crippen LogP contribution in [0.15, 0.2) is 36.4 Å². The van der Waals surface area contributed by atoms with Gasteiger partial charge >= 0.3 is 0 Å². The van der Waals surface area contributed by atoms with Crippen molar-refractivity contribution >= 4 is 23.4 Å². The number of halogens is 3. The molecule has 0 saturated carbocycles. The minimum Gasteiger partial charge on any atom is -0.350 e. The lowest BCUT2D eigenvalue weighted by atomic mass is 9.65. The Hall–Kier alpha value is -2.51. The highest BCUT2D eigenvalue weighted by molar-refractivity contribution is 6.30. The van der Waals surface area contributed by atoms with E-state index in [1.54, 1.807) is 13.0 Å². The number of nitrogens with zero attached hydrogens (tertiary/aromatic N) is 1. The zero-order chi connectivity index (χ0) is 30.2. The van der Waals surface area contributed by atoms with Crippen molar-refractivity contribution < 1.29 is 18.4 Å². The lowest BCUT2D eigenvalue weighted by Gasteiger charge is -2.45. The lowest BCUT2D eigenvalue weighted by Crippen LogP contribution is -2.49. The first-order valence-corrected chi connectivity index (χ1v) is 15.9. The number of nitrogens with one attached hydrogen (secondary N) is 2. The van der Waals surface area contributed by atoms with Crippen molar-refractivity contribution in [3.63, 3.8) is 0 Å². The Morgan fingerprint density at radius 1 is 1.07 bits per heavy atom. The van der Waals surface area contributed by atoms with Crippen LogP contribution in [0.2, 0.25) is 5.02 Å². The Bertz CT molecular complexity index is 1300. The molecule has 3 heterocycles. The highest BCUT2D eigenvalue weighted by Crippen LogP contribution is 2.48. The van der Waals surface area contributed by atoms with Crippen LogP contribution >= 0.6 is 11.6 Å². The van der Waals surface area contributed by atoms with Crippen molar-refractivity contribution in [2.24, 2.45) is 11.3 Å². The molecule has 3 saturated heterocycles. The predicted molar refractivity (Wildman–Crippen MR) is 162 cm³/mol. The van der Waals surface area contributed by atoms with Gasteiger partial charge in [0.05, 0.1) is 6.04 Å². The third-order valence-electron chi connectivity index (χ3n) is 10.1. The molecular weight excluding hydrogens is 556 g/mol. The number of fused-ring (bicyclic) bond motifs is 2. The number of piperidine rings is 2. The van der Waals surface area contributed by atoms with E-state index in [-0.39, 0.29) is 47.2 Å². The molecule has 3 fully saturated rings. The van der Waals surface area contributed by atoms with Gasteiger partial charge in [0.1, 0.15) is 11.6 Å². The van der Waals surface area contributed by atoms with E-state index in [0.717, 1.165) is 56.7 Å². The molecule has 228 valence electrons. The molecule has 0 radical (unpaired) electrons. The number of carbonyl (C=O) groups is 2. The fraction of sp³-hybridized carbons (Fsp3) is 0.588. The maximum absolute atomic E-state index is 14.9. The van der Waals surface area contributed by atoms with E-state index in [1.165, 1.54) is 11.6 Å². The molecule has 0 spiro atoms. The maximum Gasteiger partial charge on any atom is 0.223 e. The number of hydrogen-bond acceptors (Lipinski definition) is 3. The Balaban J connectivity index is 1.32. The summed E-state index contributed by atoms with van der Waals surface area (Å²) in [5.74, 6) is -0.697. The largest absolute Gasteiger partial charge is 0.350 e. The molecule has 2 aromatic carbocycles. The SMILES string of the molecule is CCC(NC(C)=O)c1cc(Cl)ccc1C1CC2CCC(C1)N2C(=O)CC(C)(C)[C@@H]1CCNC[C@H]1c1ccc(F)cc1F. The van der Waals surface area contributed by atoms with Gasteiger partial charge in [-0.15, -0.1) is 0 Å². The number of carbonyl (C=O) groups excluding carboxylic acids is 2. The summed E-state index contributed by atoms with van der Waals surface area (Å²) in [4.78, 5) is 28.1. The van der Waals surface area contributed by atoms with E-state index in [1.807, 2.05) is 12.1 Å². The molecule has 2 N–H and O–H groups in total. The Labute approximate surface area is 253 Å². The van der Waals surface area contributed by atoms with E-state index >= 15 is 0 Å². The van der Waals surface area contributed by atoms with Gasteiger partial charge in [-0.2, -0.15) is 0 Å². The maximum atomic E-state index is 14.9. The summed E-state index contributed by atoms with van der Waals surface area (Å²) in [6.45, 7) is 9.31. The fourth-order valence-corrected chi connectivity index (χ4v) is 8.42. The zero-order valence-corrected chi connectivity index (χ0v) is 25.9. The third kappa shape index (κ3) is 6.37. The second-order valence-corrected chi connectivity index (χ2v) is 13.8. The van der Waals surface area contributed by atoms with Crippen LogP contribution in [0, 0.1) is 23.0 Å². The van der Waals surface area contributed by atoms with Crippen molar-refractivity contribution in [2.75, 3.05) is 13.1 Å². The van der Waals surface area contributed by atoms with Gasteiger partial charge in [0.2, 0.25) is 11.8 Å². The summed E-state index contributed by atoms with van der Waals surface area (Å²) >= 11 is 6.41. The predicted octanol–water partition coefficient (Wildman–Crippen LogP) is 7.25. The van der Waals surface area contributed by atoms with Crippen LogP contribution in [-0.2, 0) is 9.59 Å². The molecule has 5 atom stereocenters. The average Bonchev–Trinajstić information content (AvgIpc) is 3.21. The van der Waals surface area contributed by atoms with Crippen LogP contribution in [0.4, 0.5) is 8.78 Å². The first-order valence-electron chi connectivity index (χ1n) is 15.5. The van der Waals surface area contributed by atoms with Crippen molar-refractivity contribution in [3.05, 3.63) is 69.7 Å². The number of benzene rings is 2. The summed E-state index contributed by atoms with van der Waals surface area (Å²) in [6, 6.07) is 10.2. The first-order chi connectivity index (χ1) is 20.0. The van der Waals surface area contributed by atoms with Crippen LogP contribution in [0.5, 0.6) is 0 Å². The smallest absolute Gasteiger partial charge is 0.223 e. The standard InChI is InChI=1S/C34H44ClF2N3O2/c1-5-32(39-20(2)41)28-16-22(35)6-10-26(28)21-14-24-8-9-25(15-21)40(24)33(42)18-34(3,4)30-12-13-38-19-29(30)27-11-7-23(36)17-31(27)37/h6-7,10-11,16-17,21,24-25,29-30,32,38H,5,8-9,12-15,18-19H2,1-4H3,(H,39,41)/t21?,24?,25?,29-,30+,32?/m0/s1. The number of hydrogen-bond donors (Lipinski definition) is 2. The quantitative estimate of drug-likeness (QED) is 0.336. The topological polar surface area (TPSA) is 61.4 Å². The van der Waals surface area contributed by atoms with E-state index in [2.05, 4.69) is 42.4 Å². The van der Waals surface area contributed by atoms with Crippen LogP contribution in [0.25, 0.3) is 0 Å². The molecule has 0 aromatic heterocycles. The minimum atomic E-state index is -0.573. The average molecular weight is 600 g/mol. The summed E-state index contributed by atoms with van der Waals surface area (Å²) in [5, 5.41) is 7.13. The Morgan fingerprint density at radius 2 is 1.76 bits per heavy atom. The number of rotatable bonds is 8. The molecule has 3 unspecified atom stereocenters. The van der Waals surface area contributed by atoms with E-state index in [0.29, 0.717) is 29.5 Å². The molecule has 0 aliphatic carbocycles. The first kappa shape index (κ1) is 30.9. The van der Waals surface area contributed by atoms with E-state index in [4.69, 9.17) is 11.6 Å². The highest BCUT2D eigenvalue weighted by Gasteiger charge is 2.47. The molecule has 8 heteroatoms. The zero-order valence-electron chi connectivity index (χ0n) is 25.2. The summed E-state index contributed by atoms with van der Waals surface area (Å²) in [7, 11) is 0. The summed E-state index contributed by atoms with van der Waals surface area (Å²) in [6.07, 6.45) is 5.79. The number of amides is 2. The molecule has 2 aromatic rings. The summed E-state index contributed by atoms with van der Waals surface area (Å²) in [5.41, 5.74) is 2.48. The van der Waals surface area contributed by atoms with Gasteiger partial charge in [-0.3, -0.25) is 9.59 Å². The van der Waals surface area contributed by atoms with Crippen molar-refractivity contribution in [1.82, 2.24) is 15.5 Å². The van der Waals surface area contributed by atoms with Gasteiger partial charge in [0, 0.05) is 49.0 Å². The van der Waals surface area contributed by atoms with Gasteiger partial charge in [-0.1, -0.05) is 44.5 Å². The monoisotopic (exact) mass is 599 g/mol. The Morgan fingerprint density at radius 3 is 2.40 bits per heavy atom. The molecule has 3 aliphatic rings. The van der Waals surface area contributed by atoms with Gasteiger partial charge in [-0.05, 0) is 97.2 Å². The van der Waals surface area contributed by atoms with E-state index < -0.39 is 11.6 Å². The molecule has 5 rings (SSSR count). The van der Waals surface area contributed by atoms with Gasteiger partial charge in [0.25, 0.3) is 0 Å². The highest BCUT2D eigenvalue weighted by atomic mass is 35.5. The second-order valence-electron chi connectivity index (χ2n) is 13.3. The summed E-state index contributed by atoms with van der Waals surface area (Å²) < 4.78 is 28.5. The molecule has 3 aliphatic heterocycles. The van der Waals surface area contributed by atoms with Crippen LogP contribution in [0.1, 0.15) is 107 Å². The molecule has 2 amide bonds. The van der Waals surface area contributed by atoms with Gasteiger partial charge in [-0.25, -0.2) is 8.78 Å². The normalized spacial score (nSPS) is 26.6. The van der Waals surface area contributed by atoms with Gasteiger partial charge in [0.15, 0.2) is 0 Å². The second kappa shape index (κ2) is 12.6. The molecular formula is C34H44ClF2N3O2. The minimum absolute atomic E-state index is 0.0611. The van der Waals surface area contributed by atoms with Crippen molar-refractivity contribution in [1.29, 1.82) is 0 Å². The van der Waals surface area contributed by atoms with Gasteiger partial charge < -0.3 is 15.5 Å². The van der Waals surface area contributed by atoms with E-state index in [9.17, 15) is 18.4 Å². The molecule has 2 bridgehead atoms. The lowest BCUT2D eigenvalue weighted by molar-refractivity contribution is -0.139. The third-order valence-corrected chi connectivity index (χ3v) is 10.4.